The van der Waals surface area contributed by atoms with Crippen molar-refractivity contribution in [2.75, 3.05) is 6.61 Å². The van der Waals surface area contributed by atoms with Gasteiger partial charge in [0.1, 0.15) is 12.3 Å². The van der Waals surface area contributed by atoms with Crippen molar-refractivity contribution < 1.29 is 49.5 Å². The maximum absolute atomic E-state index is 12.3. The van der Waals surface area contributed by atoms with E-state index in [0.29, 0.717) is 0 Å². The summed E-state index contributed by atoms with van der Waals surface area (Å²) in [6.07, 6.45) is -1.69. The largest absolute Gasteiger partial charge is 0.481 e. The predicted molar refractivity (Wildman–Crippen MR) is 125 cm³/mol. The highest BCUT2D eigenvalue weighted by molar-refractivity contribution is 6.37. The van der Waals surface area contributed by atoms with Crippen LogP contribution < -0.4 is 5.32 Å². The van der Waals surface area contributed by atoms with Gasteiger partial charge in [-0.15, -0.1) is 0 Å². The minimum atomic E-state index is -1.01. The summed E-state index contributed by atoms with van der Waals surface area (Å²) in [7, 11) is 0. The van der Waals surface area contributed by atoms with Gasteiger partial charge in [0, 0.05) is 46.0 Å². The molecule has 2 saturated heterocycles. The van der Waals surface area contributed by atoms with E-state index in [1.807, 2.05) is 13.8 Å². The molecular weight excluding hydrogens is 464 g/mol. The minimum Gasteiger partial charge on any atom is -0.481 e. The molecule has 2 amide bonds. The molecule has 4 atom stereocenters. The first kappa shape index (κ1) is 31.8. The van der Waals surface area contributed by atoms with Crippen molar-refractivity contribution in [3.63, 3.8) is 0 Å². The second-order valence-corrected chi connectivity index (χ2v) is 7.32. The van der Waals surface area contributed by atoms with Crippen LogP contribution in [0.25, 0.3) is 0 Å². The number of hydrogen-bond donors (Lipinski definition) is 2. The molecule has 0 radical (unpaired) electrons. The summed E-state index contributed by atoms with van der Waals surface area (Å²) in [5.41, 5.74) is 0. The molecule has 2 aliphatic rings. The number of rotatable bonds is 9. The zero-order chi connectivity index (χ0) is 27.1. The van der Waals surface area contributed by atoms with Gasteiger partial charge in [0.2, 0.25) is 0 Å². The fraction of sp³-hybridized carbons (Fsp3) is 0.739. The highest BCUT2D eigenvalue weighted by atomic mass is 16.6. The van der Waals surface area contributed by atoms with E-state index in [9.17, 15) is 28.8 Å². The minimum absolute atomic E-state index is 0. The molecule has 0 unspecified atom stereocenters. The number of hydrogen-bond acceptors (Lipinski definition) is 9. The van der Waals surface area contributed by atoms with Gasteiger partial charge in [-0.3, -0.25) is 28.8 Å². The van der Waals surface area contributed by atoms with Crippen LogP contribution in [0, 0.1) is 0 Å². The molecule has 2 fully saturated rings. The Labute approximate surface area is 207 Å². The molecule has 2 rings (SSSR count). The van der Waals surface area contributed by atoms with E-state index in [4.69, 9.17) is 19.3 Å². The third-order valence-electron chi connectivity index (χ3n) is 5.02. The maximum atomic E-state index is 12.3. The Bertz CT molecular complexity index is 761. The topological polar surface area (TPSA) is 166 Å². The SMILES string of the molecule is CC.CCC(=O)O.CCC(=O)OCC[C@@H]1C[C@H](OC(=O)CC)[C@H](OC(=O)CC)[C@H]2NC(=O)C(=O)N12.[HH]. The standard InChI is InChI=1S/C18H26N2O8.C3H6O2.C2H6.H2/c1-4-12(21)26-8-7-10-9-11(27-13(22)5-2)15(28-14(23)6-3)16-19-17(24)18(25)20(10)16;1-2-3(4)5;1-2;/h10-11,15-16H,4-9H2,1-3H3,(H,19,24);2H2,1H3,(H,4,5);1-2H3;1H/t10-,11+,15+,16+;;;/m1.../s1. The lowest BCUT2D eigenvalue weighted by Crippen LogP contribution is -2.62. The van der Waals surface area contributed by atoms with Crippen LogP contribution in [-0.4, -0.2) is 76.7 Å². The van der Waals surface area contributed by atoms with Crippen LogP contribution in [-0.2, 0) is 43.0 Å². The summed E-state index contributed by atoms with van der Waals surface area (Å²) in [5.74, 6) is -3.72. The molecular formula is C23H40N2O10. The number of piperidine rings is 1. The highest BCUT2D eigenvalue weighted by Gasteiger charge is 2.54. The molecule has 2 heterocycles. The number of nitrogens with one attached hydrogen (secondary N) is 1. The molecule has 12 nitrogen and oxygen atoms in total. The maximum Gasteiger partial charge on any atom is 0.313 e. The van der Waals surface area contributed by atoms with Crippen molar-refractivity contribution in [1.29, 1.82) is 0 Å². The second kappa shape index (κ2) is 16.4. The first-order valence-electron chi connectivity index (χ1n) is 12.0. The number of ether oxygens (including phenoxy) is 3. The normalized spacial score (nSPS) is 22.3. The number of esters is 3. The zero-order valence-corrected chi connectivity index (χ0v) is 21.3. The van der Waals surface area contributed by atoms with Crippen LogP contribution in [0.5, 0.6) is 0 Å². The summed E-state index contributed by atoms with van der Waals surface area (Å²) >= 11 is 0. The van der Waals surface area contributed by atoms with Crippen LogP contribution in [0.1, 0.15) is 81.5 Å². The number of amides is 2. The van der Waals surface area contributed by atoms with Gasteiger partial charge in [-0.05, 0) is 0 Å². The summed E-state index contributed by atoms with van der Waals surface area (Å²) in [4.78, 5) is 70.0. The fourth-order valence-corrected chi connectivity index (χ4v) is 3.27. The summed E-state index contributed by atoms with van der Waals surface area (Å²) in [5, 5.41) is 10.2. The molecule has 0 saturated carbocycles. The fourth-order valence-electron chi connectivity index (χ4n) is 3.27. The van der Waals surface area contributed by atoms with Crippen LogP contribution in [0.2, 0.25) is 0 Å². The molecule has 2 N–H and O–H groups in total. The molecule has 35 heavy (non-hydrogen) atoms. The lowest BCUT2D eigenvalue weighted by molar-refractivity contribution is -0.186. The average molecular weight is 505 g/mol. The summed E-state index contributed by atoms with van der Waals surface area (Å²) in [6, 6.07) is -0.521. The first-order chi connectivity index (χ1) is 16.6. The Morgan fingerprint density at radius 3 is 1.94 bits per heavy atom. The number of carboxylic acids is 1. The number of carboxylic acid groups (broad SMARTS) is 1. The van der Waals surface area contributed by atoms with Crippen LogP contribution in [0.4, 0.5) is 0 Å². The zero-order valence-electron chi connectivity index (χ0n) is 21.3. The van der Waals surface area contributed by atoms with Gasteiger partial charge in [-0.1, -0.05) is 41.5 Å². The summed E-state index contributed by atoms with van der Waals surface area (Å²) in [6.45, 7) is 10.6. The third kappa shape index (κ3) is 9.91. The number of fused-ring (bicyclic) bond motifs is 1. The Balaban J connectivity index is 0. The van der Waals surface area contributed by atoms with Crippen LogP contribution in [0.3, 0.4) is 0 Å². The second-order valence-electron chi connectivity index (χ2n) is 7.32. The van der Waals surface area contributed by atoms with Gasteiger partial charge >= 0.3 is 35.7 Å². The van der Waals surface area contributed by atoms with E-state index in [2.05, 4.69) is 5.32 Å². The van der Waals surface area contributed by atoms with E-state index in [0.717, 1.165) is 0 Å². The van der Waals surface area contributed by atoms with E-state index in [-0.39, 0.29) is 52.5 Å². The van der Waals surface area contributed by atoms with Gasteiger partial charge in [-0.2, -0.15) is 0 Å². The Hall–Kier alpha value is -3.18. The molecule has 0 aliphatic carbocycles. The van der Waals surface area contributed by atoms with Crippen molar-refractivity contribution in [2.45, 2.75) is 104 Å². The smallest absolute Gasteiger partial charge is 0.313 e. The van der Waals surface area contributed by atoms with E-state index >= 15 is 0 Å². The number of carbonyl (C=O) groups is 6. The predicted octanol–water partition coefficient (Wildman–Crippen LogP) is 1.78. The Morgan fingerprint density at radius 1 is 0.943 bits per heavy atom. The van der Waals surface area contributed by atoms with Crippen molar-refractivity contribution >= 4 is 35.7 Å². The Morgan fingerprint density at radius 2 is 1.46 bits per heavy atom. The lowest BCUT2D eigenvalue weighted by atomic mass is 9.92. The number of aliphatic carboxylic acids is 1. The number of nitrogens with zero attached hydrogens (tertiary/aromatic N) is 1. The van der Waals surface area contributed by atoms with Gasteiger partial charge in [0.15, 0.2) is 6.10 Å². The monoisotopic (exact) mass is 504 g/mol. The van der Waals surface area contributed by atoms with Crippen molar-refractivity contribution in [3.8, 4) is 0 Å². The first-order valence-corrected chi connectivity index (χ1v) is 12.0. The molecule has 0 spiro atoms. The highest BCUT2D eigenvalue weighted by Crippen LogP contribution is 2.32. The van der Waals surface area contributed by atoms with Gasteiger partial charge < -0.3 is 29.5 Å². The lowest BCUT2D eigenvalue weighted by Gasteiger charge is -2.44. The van der Waals surface area contributed by atoms with Gasteiger partial charge in [-0.25, -0.2) is 0 Å². The number of carbonyl (C=O) groups excluding carboxylic acids is 5. The Kier molecular flexibility index (Phi) is 15.0. The molecule has 0 aromatic carbocycles. The average Bonchev–Trinajstić information content (AvgIpc) is 3.16. The third-order valence-corrected chi connectivity index (χ3v) is 5.02. The van der Waals surface area contributed by atoms with E-state index in [1.165, 1.54) is 4.90 Å². The van der Waals surface area contributed by atoms with Crippen molar-refractivity contribution in [2.24, 2.45) is 0 Å². The molecule has 12 heteroatoms. The molecule has 0 bridgehead atoms. The van der Waals surface area contributed by atoms with Gasteiger partial charge in [0.25, 0.3) is 0 Å². The quantitative estimate of drug-likeness (QED) is 0.268. The van der Waals surface area contributed by atoms with E-state index < -0.39 is 54.1 Å². The van der Waals surface area contributed by atoms with Crippen molar-refractivity contribution in [1.82, 2.24) is 10.2 Å². The molecule has 0 aromatic rings. The molecule has 202 valence electrons. The molecule has 2 aliphatic heterocycles. The van der Waals surface area contributed by atoms with Crippen LogP contribution >= 0.6 is 0 Å². The van der Waals surface area contributed by atoms with Gasteiger partial charge in [0.05, 0.1) is 6.61 Å². The van der Waals surface area contributed by atoms with E-state index in [1.54, 1.807) is 27.7 Å². The van der Waals surface area contributed by atoms with Crippen LogP contribution in [0.15, 0.2) is 0 Å². The van der Waals surface area contributed by atoms with Crippen molar-refractivity contribution in [3.05, 3.63) is 0 Å². The molecule has 0 aromatic heterocycles. The summed E-state index contributed by atoms with van der Waals surface area (Å²) < 4.78 is 15.9.